The number of aromatic nitrogens is 2. The van der Waals surface area contributed by atoms with Gasteiger partial charge in [0.1, 0.15) is 5.75 Å². The first kappa shape index (κ1) is 12.4. The average Bonchev–Trinajstić information content (AvgIpc) is 3.00. The zero-order valence-electron chi connectivity index (χ0n) is 9.92. The third kappa shape index (κ3) is 2.29. The lowest BCUT2D eigenvalue weighted by Gasteiger charge is -1.99. The van der Waals surface area contributed by atoms with Gasteiger partial charge in [0, 0.05) is 15.4 Å². The molecule has 0 amide bonds. The molecule has 2 aromatic heterocycles. The molecule has 0 bridgehead atoms. The molecule has 0 atom stereocenters. The molecule has 0 aliphatic carbocycles. The van der Waals surface area contributed by atoms with E-state index in [9.17, 15) is 5.11 Å². The van der Waals surface area contributed by atoms with Gasteiger partial charge in [0.2, 0.25) is 5.82 Å². The van der Waals surface area contributed by atoms with E-state index in [1.54, 1.807) is 29.5 Å². The second-order valence-electron chi connectivity index (χ2n) is 4.05. The van der Waals surface area contributed by atoms with Gasteiger partial charge in [-0.2, -0.15) is 16.3 Å². The Morgan fingerprint density at radius 3 is 2.84 bits per heavy atom. The maximum Gasteiger partial charge on any atom is 0.262 e. The summed E-state index contributed by atoms with van der Waals surface area (Å²) in [5, 5.41) is 17.8. The molecule has 0 aliphatic heterocycles. The zero-order chi connectivity index (χ0) is 13.4. The molecule has 0 saturated heterocycles. The highest BCUT2D eigenvalue weighted by molar-refractivity contribution is 9.10. The molecule has 0 spiro atoms. The van der Waals surface area contributed by atoms with E-state index < -0.39 is 0 Å². The second-order valence-corrected chi connectivity index (χ2v) is 5.71. The van der Waals surface area contributed by atoms with Crippen LogP contribution >= 0.6 is 27.3 Å². The van der Waals surface area contributed by atoms with Crippen molar-refractivity contribution in [2.45, 2.75) is 6.92 Å². The van der Waals surface area contributed by atoms with Crippen LogP contribution in [0.25, 0.3) is 22.8 Å². The fourth-order valence-corrected chi connectivity index (χ4v) is 2.90. The molecule has 4 nitrogen and oxygen atoms in total. The zero-order valence-corrected chi connectivity index (χ0v) is 12.3. The number of aryl methyl sites for hydroxylation is 1. The normalized spacial score (nSPS) is 10.8. The van der Waals surface area contributed by atoms with E-state index in [-0.39, 0.29) is 5.75 Å². The second kappa shape index (κ2) is 4.79. The number of hydrogen-bond acceptors (Lipinski definition) is 5. The standard InChI is InChI=1S/C13H9BrN2O2S/c1-7-5-19-6-10(7)12-15-13(18-16-12)9-4-8(14)2-3-11(9)17/h2-6,17H,1H3. The van der Waals surface area contributed by atoms with E-state index in [2.05, 4.69) is 26.1 Å². The maximum atomic E-state index is 9.84. The first-order valence-corrected chi connectivity index (χ1v) is 7.24. The van der Waals surface area contributed by atoms with Crippen LogP contribution in [0.5, 0.6) is 5.75 Å². The molecule has 0 aliphatic rings. The smallest absolute Gasteiger partial charge is 0.262 e. The molecule has 0 saturated carbocycles. The van der Waals surface area contributed by atoms with Crippen LogP contribution in [0.1, 0.15) is 5.56 Å². The molecule has 1 aromatic carbocycles. The predicted molar refractivity (Wildman–Crippen MR) is 77.1 cm³/mol. The number of aromatic hydroxyl groups is 1. The summed E-state index contributed by atoms with van der Waals surface area (Å²) in [6, 6.07) is 5.07. The van der Waals surface area contributed by atoms with Crippen LogP contribution in [-0.4, -0.2) is 15.2 Å². The number of halogens is 1. The summed E-state index contributed by atoms with van der Waals surface area (Å²) < 4.78 is 6.07. The van der Waals surface area contributed by atoms with E-state index >= 15 is 0 Å². The Morgan fingerprint density at radius 2 is 2.11 bits per heavy atom. The molecule has 96 valence electrons. The van der Waals surface area contributed by atoms with Gasteiger partial charge < -0.3 is 9.63 Å². The number of benzene rings is 1. The minimum atomic E-state index is 0.112. The molecule has 0 unspecified atom stereocenters. The number of phenols is 1. The van der Waals surface area contributed by atoms with Crippen molar-refractivity contribution in [3.63, 3.8) is 0 Å². The van der Waals surface area contributed by atoms with Crippen molar-refractivity contribution in [2.24, 2.45) is 0 Å². The van der Waals surface area contributed by atoms with Gasteiger partial charge in [-0.05, 0) is 36.1 Å². The van der Waals surface area contributed by atoms with E-state index in [1.165, 1.54) is 0 Å². The summed E-state index contributed by atoms with van der Waals surface area (Å²) in [5.74, 6) is 0.952. The van der Waals surface area contributed by atoms with Gasteiger partial charge in [-0.15, -0.1) is 0 Å². The monoisotopic (exact) mass is 336 g/mol. The van der Waals surface area contributed by atoms with Crippen molar-refractivity contribution in [1.82, 2.24) is 10.1 Å². The molecule has 1 N–H and O–H groups in total. The number of phenolic OH excluding ortho intramolecular Hbond substituents is 1. The Morgan fingerprint density at radius 1 is 1.26 bits per heavy atom. The van der Waals surface area contributed by atoms with Crippen molar-refractivity contribution in [3.05, 3.63) is 39.0 Å². The van der Waals surface area contributed by atoms with Crippen LogP contribution in [0.15, 0.2) is 38.0 Å². The first-order valence-electron chi connectivity index (χ1n) is 5.51. The molecule has 3 aromatic rings. The number of nitrogens with zero attached hydrogens (tertiary/aromatic N) is 2. The molecular weight excluding hydrogens is 328 g/mol. The van der Waals surface area contributed by atoms with Crippen molar-refractivity contribution in [3.8, 4) is 28.6 Å². The van der Waals surface area contributed by atoms with Crippen LogP contribution in [0.2, 0.25) is 0 Å². The van der Waals surface area contributed by atoms with Crippen LogP contribution in [0.4, 0.5) is 0 Å². The Bertz CT molecular complexity index is 736. The van der Waals surface area contributed by atoms with Crippen molar-refractivity contribution >= 4 is 27.3 Å². The average molecular weight is 337 g/mol. The summed E-state index contributed by atoms with van der Waals surface area (Å²) in [6.45, 7) is 2.00. The molecule has 19 heavy (non-hydrogen) atoms. The molecule has 6 heteroatoms. The maximum absolute atomic E-state index is 9.84. The van der Waals surface area contributed by atoms with Crippen LogP contribution in [0.3, 0.4) is 0 Å². The Kier molecular flexibility index (Phi) is 3.12. The predicted octanol–water partition coefficient (Wildman–Crippen LogP) is 4.24. The summed E-state index contributed by atoms with van der Waals surface area (Å²) in [7, 11) is 0. The summed E-state index contributed by atoms with van der Waals surface area (Å²) >= 11 is 4.94. The first-order chi connectivity index (χ1) is 9.15. The van der Waals surface area contributed by atoms with Crippen LogP contribution < -0.4 is 0 Å². The molecule has 0 fully saturated rings. The van der Waals surface area contributed by atoms with Crippen molar-refractivity contribution in [1.29, 1.82) is 0 Å². The minimum absolute atomic E-state index is 0.112. The Balaban J connectivity index is 2.06. The lowest BCUT2D eigenvalue weighted by Crippen LogP contribution is -1.82. The lowest BCUT2D eigenvalue weighted by atomic mass is 10.2. The highest BCUT2D eigenvalue weighted by Gasteiger charge is 2.15. The Labute approximate surface area is 121 Å². The summed E-state index contributed by atoms with van der Waals surface area (Å²) in [5.41, 5.74) is 2.58. The summed E-state index contributed by atoms with van der Waals surface area (Å²) in [6.07, 6.45) is 0. The minimum Gasteiger partial charge on any atom is -0.507 e. The van der Waals surface area contributed by atoms with Gasteiger partial charge >= 0.3 is 0 Å². The quantitative estimate of drug-likeness (QED) is 0.760. The van der Waals surface area contributed by atoms with Gasteiger partial charge in [-0.1, -0.05) is 21.1 Å². The van der Waals surface area contributed by atoms with Gasteiger partial charge in [-0.25, -0.2) is 0 Å². The number of thiophene rings is 1. The largest absolute Gasteiger partial charge is 0.507 e. The van der Waals surface area contributed by atoms with Crippen molar-refractivity contribution < 1.29 is 9.63 Å². The van der Waals surface area contributed by atoms with E-state index in [0.717, 1.165) is 15.6 Å². The Hall–Kier alpha value is -1.66. The van der Waals surface area contributed by atoms with Gasteiger partial charge in [0.25, 0.3) is 5.89 Å². The topological polar surface area (TPSA) is 59.2 Å². The van der Waals surface area contributed by atoms with Gasteiger partial charge in [0.15, 0.2) is 0 Å². The lowest BCUT2D eigenvalue weighted by molar-refractivity contribution is 0.425. The molecule has 0 radical (unpaired) electrons. The van der Waals surface area contributed by atoms with E-state index in [1.807, 2.05) is 17.7 Å². The number of hydrogen-bond donors (Lipinski definition) is 1. The fraction of sp³-hybridized carbons (Fsp3) is 0.0769. The SMILES string of the molecule is Cc1cscc1-c1noc(-c2cc(Br)ccc2O)n1. The molecule has 3 rings (SSSR count). The van der Waals surface area contributed by atoms with Gasteiger partial charge in [-0.3, -0.25) is 0 Å². The van der Waals surface area contributed by atoms with Crippen LogP contribution in [0, 0.1) is 6.92 Å². The van der Waals surface area contributed by atoms with E-state index in [4.69, 9.17) is 4.52 Å². The van der Waals surface area contributed by atoms with Gasteiger partial charge in [0.05, 0.1) is 5.56 Å². The van der Waals surface area contributed by atoms with Crippen LogP contribution in [-0.2, 0) is 0 Å². The van der Waals surface area contributed by atoms with Crippen molar-refractivity contribution in [2.75, 3.05) is 0 Å². The summed E-state index contributed by atoms with van der Waals surface area (Å²) in [4.78, 5) is 4.33. The highest BCUT2D eigenvalue weighted by Crippen LogP contribution is 2.32. The third-order valence-electron chi connectivity index (χ3n) is 2.71. The van der Waals surface area contributed by atoms with E-state index in [0.29, 0.717) is 17.3 Å². The highest BCUT2D eigenvalue weighted by atomic mass is 79.9. The fourth-order valence-electron chi connectivity index (χ4n) is 1.71. The third-order valence-corrected chi connectivity index (χ3v) is 4.07. The molecule has 2 heterocycles. The molecular formula is C13H9BrN2O2S. The number of rotatable bonds is 2.